The lowest BCUT2D eigenvalue weighted by Gasteiger charge is -2.37. The van der Waals surface area contributed by atoms with Crippen LogP contribution in [0.15, 0.2) is 36.4 Å². The normalized spacial score (nSPS) is 17.2. The van der Waals surface area contributed by atoms with Crippen molar-refractivity contribution in [3.8, 4) is 0 Å². The molecule has 1 saturated heterocycles. The molecule has 1 heterocycles. The average molecular weight is 613 g/mol. The highest BCUT2D eigenvalue weighted by Crippen LogP contribution is 2.36. The van der Waals surface area contributed by atoms with Gasteiger partial charge in [0.1, 0.15) is 5.82 Å². The Hall–Kier alpha value is -1.92. The van der Waals surface area contributed by atoms with Crippen molar-refractivity contribution in [2.45, 2.75) is 50.4 Å². The number of carbonyl (C=O) groups excluding carboxylic acids is 1. The van der Waals surface area contributed by atoms with Gasteiger partial charge in [-0.25, -0.2) is 17.5 Å². The minimum atomic E-state index is -4.81. The number of hydrogen-bond donors (Lipinski definition) is 1. The molecule has 1 atom stereocenters. The first-order valence-corrected chi connectivity index (χ1v) is 14.9. The van der Waals surface area contributed by atoms with Crippen LogP contribution in [0, 0.1) is 5.82 Å². The van der Waals surface area contributed by atoms with Crippen molar-refractivity contribution >= 4 is 39.1 Å². The van der Waals surface area contributed by atoms with Crippen LogP contribution in [-0.2, 0) is 33.0 Å². The molecule has 1 N–H and O–H groups in total. The zero-order chi connectivity index (χ0) is 29.2. The fourth-order valence-electron chi connectivity index (χ4n) is 4.83. The maximum Gasteiger partial charge on any atom is 0.419 e. The van der Waals surface area contributed by atoms with Crippen LogP contribution in [-0.4, -0.2) is 63.1 Å². The summed E-state index contributed by atoms with van der Waals surface area (Å²) in [7, 11) is -1.79. The number of sulfonamides is 1. The quantitative estimate of drug-likeness (QED) is 0.382. The van der Waals surface area contributed by atoms with Gasteiger partial charge in [-0.05, 0) is 81.2 Å². The minimum Gasteiger partial charge on any atom is -0.341 e. The number of nitrogens with zero attached hydrogens (tertiary/aromatic N) is 2. The summed E-state index contributed by atoms with van der Waals surface area (Å²) < 4.78 is 78.7. The van der Waals surface area contributed by atoms with Crippen LogP contribution in [0.25, 0.3) is 0 Å². The van der Waals surface area contributed by atoms with Gasteiger partial charge in [-0.1, -0.05) is 35.3 Å². The Morgan fingerprint density at radius 1 is 1.10 bits per heavy atom. The lowest BCUT2D eigenvalue weighted by Crippen LogP contribution is -2.48. The van der Waals surface area contributed by atoms with E-state index in [9.17, 15) is 30.8 Å². The van der Waals surface area contributed by atoms with Crippen molar-refractivity contribution in [3.63, 3.8) is 0 Å². The number of amides is 1. The molecule has 1 aliphatic rings. The van der Waals surface area contributed by atoms with Gasteiger partial charge in [-0.3, -0.25) is 4.79 Å². The second kappa shape index (κ2) is 12.3. The minimum absolute atomic E-state index is 0.104. The molecule has 0 saturated carbocycles. The van der Waals surface area contributed by atoms with Crippen molar-refractivity contribution in [1.29, 1.82) is 0 Å². The van der Waals surface area contributed by atoms with Crippen molar-refractivity contribution in [3.05, 3.63) is 69.0 Å². The number of nitrogens with one attached hydrogen (secondary N) is 1. The SMILES string of the molecule is CN(Cc1ccc(C(F)(F)F)c(F)c1)C(=O)[C@@](C)(CCN1CCC(NS(C)(=O)=O)CC1)c1ccc(Cl)c(Cl)c1. The molecule has 13 heteroatoms. The monoisotopic (exact) mass is 611 g/mol. The fourth-order valence-corrected chi connectivity index (χ4v) is 5.97. The second-order valence-corrected chi connectivity index (χ2v) is 12.8. The van der Waals surface area contributed by atoms with Gasteiger partial charge in [0.2, 0.25) is 15.9 Å². The number of likely N-dealkylation sites (tertiary alicyclic amines) is 1. The number of hydrogen-bond acceptors (Lipinski definition) is 4. The Labute approximate surface area is 236 Å². The summed E-state index contributed by atoms with van der Waals surface area (Å²) in [4.78, 5) is 17.3. The third kappa shape index (κ3) is 8.29. The molecule has 6 nitrogen and oxygen atoms in total. The van der Waals surface area contributed by atoms with E-state index >= 15 is 0 Å². The van der Waals surface area contributed by atoms with Crippen LogP contribution in [0.1, 0.15) is 42.9 Å². The van der Waals surface area contributed by atoms with Gasteiger partial charge in [0.05, 0.1) is 27.3 Å². The molecule has 0 aromatic heterocycles. The number of halogens is 6. The van der Waals surface area contributed by atoms with E-state index in [1.807, 2.05) is 0 Å². The Kier molecular flexibility index (Phi) is 9.97. The highest BCUT2D eigenvalue weighted by Gasteiger charge is 2.39. The lowest BCUT2D eigenvalue weighted by molar-refractivity contribution is -0.140. The molecular formula is C26H31Cl2F4N3O3S. The van der Waals surface area contributed by atoms with E-state index in [0.717, 1.165) is 18.4 Å². The molecule has 2 aromatic carbocycles. The number of piperidine rings is 1. The summed E-state index contributed by atoms with van der Waals surface area (Å²) in [6.45, 7) is 3.46. The highest BCUT2D eigenvalue weighted by molar-refractivity contribution is 7.88. The van der Waals surface area contributed by atoms with Crippen molar-refractivity contribution in [2.75, 3.05) is 32.9 Å². The number of likely N-dealkylation sites (N-methyl/N-ethyl adjacent to an activating group) is 1. The molecule has 1 fully saturated rings. The molecular weight excluding hydrogens is 581 g/mol. The molecule has 216 valence electrons. The lowest BCUT2D eigenvalue weighted by atomic mass is 9.77. The van der Waals surface area contributed by atoms with E-state index in [1.54, 1.807) is 25.1 Å². The molecule has 0 unspecified atom stereocenters. The smallest absolute Gasteiger partial charge is 0.341 e. The summed E-state index contributed by atoms with van der Waals surface area (Å²) in [6, 6.07) is 7.39. The first-order chi connectivity index (χ1) is 18.0. The molecule has 2 aromatic rings. The van der Waals surface area contributed by atoms with Crippen LogP contribution >= 0.6 is 23.2 Å². The zero-order valence-corrected chi connectivity index (χ0v) is 24.1. The largest absolute Gasteiger partial charge is 0.419 e. The Bertz CT molecular complexity index is 1300. The topological polar surface area (TPSA) is 69.7 Å². The van der Waals surface area contributed by atoms with Gasteiger partial charge in [-0.15, -0.1) is 0 Å². The van der Waals surface area contributed by atoms with E-state index < -0.39 is 33.0 Å². The maximum atomic E-state index is 14.1. The summed E-state index contributed by atoms with van der Waals surface area (Å²) in [5.41, 5.74) is -1.62. The van der Waals surface area contributed by atoms with Crippen LogP contribution in [0.4, 0.5) is 17.6 Å². The summed E-state index contributed by atoms with van der Waals surface area (Å²) in [5.74, 6) is -1.73. The average Bonchev–Trinajstić information content (AvgIpc) is 2.83. The van der Waals surface area contributed by atoms with Gasteiger partial charge in [0, 0.05) is 19.6 Å². The first kappa shape index (κ1) is 31.6. The maximum absolute atomic E-state index is 14.1. The fraction of sp³-hybridized carbons (Fsp3) is 0.500. The van der Waals surface area contributed by atoms with Gasteiger partial charge in [-0.2, -0.15) is 13.2 Å². The summed E-state index contributed by atoms with van der Waals surface area (Å²) in [5, 5.41) is 0.595. The van der Waals surface area contributed by atoms with E-state index in [1.165, 1.54) is 11.9 Å². The van der Waals surface area contributed by atoms with E-state index in [4.69, 9.17) is 23.2 Å². The van der Waals surface area contributed by atoms with Crippen molar-refractivity contribution in [1.82, 2.24) is 14.5 Å². The van der Waals surface area contributed by atoms with Crippen LogP contribution in [0.2, 0.25) is 10.0 Å². The van der Waals surface area contributed by atoms with Crippen molar-refractivity contribution in [2.24, 2.45) is 0 Å². The molecule has 0 radical (unpaired) electrons. The molecule has 39 heavy (non-hydrogen) atoms. The number of carbonyl (C=O) groups is 1. The summed E-state index contributed by atoms with van der Waals surface area (Å²) in [6.07, 6.45) is -2.05. The Morgan fingerprint density at radius 2 is 1.74 bits per heavy atom. The molecule has 1 aliphatic heterocycles. The number of alkyl halides is 3. The Morgan fingerprint density at radius 3 is 2.28 bits per heavy atom. The van der Waals surface area contributed by atoms with Gasteiger partial charge in [0.15, 0.2) is 0 Å². The predicted octanol–water partition coefficient (Wildman–Crippen LogP) is 5.47. The standard InChI is InChI=1S/C26H31Cl2F4N3O3S/c1-25(18-5-7-21(27)22(28)15-18,10-13-35-11-8-19(9-12-35)33-39(3,37)38)24(36)34(2)16-17-4-6-20(23(29)14-17)26(30,31)32/h4-7,14-15,19,33H,8-13,16H2,1-3H3/t25-/m0/s1. The summed E-state index contributed by atoms with van der Waals surface area (Å²) >= 11 is 12.4. The van der Waals surface area contributed by atoms with Crippen LogP contribution in [0.5, 0.6) is 0 Å². The van der Waals surface area contributed by atoms with Gasteiger partial charge < -0.3 is 9.80 Å². The molecule has 3 rings (SSSR count). The predicted molar refractivity (Wildman–Crippen MR) is 144 cm³/mol. The third-order valence-corrected chi connectivity index (χ3v) is 8.53. The van der Waals surface area contributed by atoms with Gasteiger partial charge >= 0.3 is 6.18 Å². The number of benzene rings is 2. The molecule has 0 spiro atoms. The van der Waals surface area contributed by atoms with E-state index in [2.05, 4.69) is 9.62 Å². The number of rotatable bonds is 9. The zero-order valence-electron chi connectivity index (χ0n) is 21.8. The second-order valence-electron chi connectivity index (χ2n) is 10.2. The first-order valence-electron chi connectivity index (χ1n) is 12.3. The highest BCUT2D eigenvalue weighted by atomic mass is 35.5. The van der Waals surface area contributed by atoms with Crippen molar-refractivity contribution < 1.29 is 30.8 Å². The molecule has 0 aliphatic carbocycles. The van der Waals surface area contributed by atoms with E-state index in [0.29, 0.717) is 55.5 Å². The molecule has 0 bridgehead atoms. The third-order valence-electron chi connectivity index (χ3n) is 7.03. The van der Waals surface area contributed by atoms with Gasteiger partial charge in [0.25, 0.3) is 0 Å². The Balaban J connectivity index is 1.78. The van der Waals surface area contributed by atoms with Crippen LogP contribution in [0.3, 0.4) is 0 Å². The molecule has 1 amide bonds. The van der Waals surface area contributed by atoms with Crippen LogP contribution < -0.4 is 4.72 Å². The van der Waals surface area contributed by atoms with E-state index in [-0.39, 0.29) is 29.1 Å².